The highest BCUT2D eigenvalue weighted by Crippen LogP contribution is 2.25. The molecule has 0 unspecified atom stereocenters. The van der Waals surface area contributed by atoms with Crippen LogP contribution in [0.2, 0.25) is 0 Å². The van der Waals surface area contributed by atoms with E-state index in [1.54, 1.807) is 31.2 Å². The van der Waals surface area contributed by atoms with E-state index in [1.807, 2.05) is 4.90 Å². The molecule has 1 saturated heterocycles. The van der Waals surface area contributed by atoms with E-state index in [2.05, 4.69) is 10.3 Å². The zero-order chi connectivity index (χ0) is 19.0. The zero-order valence-corrected chi connectivity index (χ0v) is 14.8. The van der Waals surface area contributed by atoms with Crippen LogP contribution in [0.3, 0.4) is 0 Å². The molecular weight excluding hydrogens is 352 g/mol. The molecule has 2 heterocycles. The number of nitrogens with zero attached hydrogens (tertiary/aromatic N) is 2. The quantitative estimate of drug-likeness (QED) is 0.760. The molecule has 1 amide bonds. The number of amides is 1. The molecule has 1 aliphatic heterocycles. The molecule has 1 N–H and O–H groups in total. The molecule has 1 aliphatic rings. The van der Waals surface area contributed by atoms with Crippen molar-refractivity contribution < 1.29 is 18.0 Å². The number of fused-ring (bicyclic) bond motifs is 1. The van der Waals surface area contributed by atoms with Gasteiger partial charge in [0.1, 0.15) is 5.52 Å². The molecule has 5 nitrogen and oxygen atoms in total. The predicted octanol–water partition coefficient (Wildman–Crippen LogP) is 3.67. The number of anilines is 1. The molecule has 2 aromatic carbocycles. The minimum absolute atomic E-state index is 0.169. The maximum absolute atomic E-state index is 13.4. The van der Waals surface area contributed by atoms with Crippen LogP contribution in [-0.2, 0) is 0 Å². The number of halogens is 2. The van der Waals surface area contributed by atoms with Crippen molar-refractivity contribution in [2.75, 3.05) is 24.5 Å². The number of aromatic nitrogens is 1. The molecule has 140 valence electrons. The van der Waals surface area contributed by atoms with Crippen LogP contribution in [0.5, 0.6) is 0 Å². The molecule has 7 heteroatoms. The van der Waals surface area contributed by atoms with Gasteiger partial charge in [0, 0.05) is 43.9 Å². The first kappa shape index (κ1) is 17.5. The molecule has 3 aromatic rings. The summed E-state index contributed by atoms with van der Waals surface area (Å²) in [5.41, 5.74) is 2.50. The molecule has 4 rings (SSSR count). The Morgan fingerprint density at radius 2 is 2.11 bits per heavy atom. The lowest BCUT2D eigenvalue weighted by molar-refractivity contribution is 0.0948. The first-order valence-corrected chi connectivity index (χ1v) is 8.85. The van der Waals surface area contributed by atoms with Crippen molar-refractivity contribution in [2.45, 2.75) is 13.3 Å². The minimum Gasteiger partial charge on any atom is -0.441 e. The van der Waals surface area contributed by atoms with Crippen molar-refractivity contribution in [3.05, 3.63) is 59.5 Å². The van der Waals surface area contributed by atoms with Gasteiger partial charge in [0.05, 0.1) is 0 Å². The average Bonchev–Trinajstić information content (AvgIpc) is 3.26. The number of carbonyl (C=O) groups excluding carboxylic acids is 1. The van der Waals surface area contributed by atoms with E-state index in [9.17, 15) is 13.6 Å². The lowest BCUT2D eigenvalue weighted by Crippen LogP contribution is -2.31. The van der Waals surface area contributed by atoms with Crippen LogP contribution in [0.1, 0.15) is 22.7 Å². The minimum atomic E-state index is -0.847. The number of benzene rings is 2. The maximum Gasteiger partial charge on any atom is 0.251 e. The van der Waals surface area contributed by atoms with Gasteiger partial charge in [-0.1, -0.05) is 0 Å². The van der Waals surface area contributed by atoms with Crippen molar-refractivity contribution in [1.82, 2.24) is 10.3 Å². The monoisotopic (exact) mass is 371 g/mol. The Bertz CT molecular complexity index is 1000. The van der Waals surface area contributed by atoms with Gasteiger partial charge in [-0.2, -0.15) is 0 Å². The molecule has 1 fully saturated rings. The van der Waals surface area contributed by atoms with E-state index in [0.717, 1.165) is 24.5 Å². The largest absolute Gasteiger partial charge is 0.441 e. The van der Waals surface area contributed by atoms with Crippen LogP contribution >= 0.6 is 0 Å². The molecule has 1 atom stereocenters. The average molecular weight is 371 g/mol. The SMILES string of the molecule is Cc1nc2ccc(C(=O)NC[C@@H]3CCN(c4ccc(F)c(F)c4)C3)cc2o1. The number of rotatable bonds is 4. The topological polar surface area (TPSA) is 58.4 Å². The molecule has 0 aliphatic carbocycles. The second-order valence-electron chi connectivity index (χ2n) is 6.82. The van der Waals surface area contributed by atoms with Crippen LogP contribution in [0.25, 0.3) is 11.1 Å². The summed E-state index contributed by atoms with van der Waals surface area (Å²) >= 11 is 0. The van der Waals surface area contributed by atoms with Gasteiger partial charge in [0.15, 0.2) is 23.1 Å². The second-order valence-corrected chi connectivity index (χ2v) is 6.82. The van der Waals surface area contributed by atoms with Crippen LogP contribution in [-0.4, -0.2) is 30.5 Å². The predicted molar refractivity (Wildman–Crippen MR) is 97.8 cm³/mol. The van der Waals surface area contributed by atoms with Crippen molar-refractivity contribution >= 4 is 22.7 Å². The summed E-state index contributed by atoms with van der Waals surface area (Å²) in [7, 11) is 0. The fourth-order valence-corrected chi connectivity index (χ4v) is 3.44. The smallest absolute Gasteiger partial charge is 0.251 e. The Kier molecular flexibility index (Phi) is 4.51. The maximum atomic E-state index is 13.4. The summed E-state index contributed by atoms with van der Waals surface area (Å²) in [4.78, 5) is 18.6. The van der Waals surface area contributed by atoms with Gasteiger partial charge in [-0.25, -0.2) is 13.8 Å². The molecular formula is C20H19F2N3O2. The first-order valence-electron chi connectivity index (χ1n) is 8.85. The van der Waals surface area contributed by atoms with Crippen LogP contribution < -0.4 is 10.2 Å². The summed E-state index contributed by atoms with van der Waals surface area (Å²) in [5.74, 6) is -1.05. The molecule has 0 spiro atoms. The number of hydrogen-bond acceptors (Lipinski definition) is 4. The summed E-state index contributed by atoms with van der Waals surface area (Å²) in [5, 5.41) is 2.94. The highest BCUT2D eigenvalue weighted by Gasteiger charge is 2.24. The fourth-order valence-electron chi connectivity index (χ4n) is 3.44. The van der Waals surface area contributed by atoms with Crippen LogP contribution in [0, 0.1) is 24.5 Å². The number of carbonyl (C=O) groups is 1. The lowest BCUT2D eigenvalue weighted by atomic mass is 10.1. The Morgan fingerprint density at radius 3 is 2.93 bits per heavy atom. The van der Waals surface area contributed by atoms with Gasteiger partial charge in [-0.15, -0.1) is 0 Å². The van der Waals surface area contributed by atoms with Crippen molar-refractivity contribution in [3.8, 4) is 0 Å². The van der Waals surface area contributed by atoms with Crippen molar-refractivity contribution in [3.63, 3.8) is 0 Å². The molecule has 0 bridgehead atoms. The Balaban J connectivity index is 1.35. The zero-order valence-electron chi connectivity index (χ0n) is 14.8. The van der Waals surface area contributed by atoms with E-state index in [-0.39, 0.29) is 11.8 Å². The fraction of sp³-hybridized carbons (Fsp3) is 0.300. The molecule has 0 radical (unpaired) electrons. The van der Waals surface area contributed by atoms with Gasteiger partial charge >= 0.3 is 0 Å². The molecule has 1 aromatic heterocycles. The summed E-state index contributed by atoms with van der Waals surface area (Å²) in [6.45, 7) is 3.71. The Hall–Kier alpha value is -2.96. The van der Waals surface area contributed by atoms with Crippen molar-refractivity contribution in [1.29, 1.82) is 0 Å². The normalized spacial score (nSPS) is 16.9. The Labute approximate surface area is 155 Å². The number of nitrogens with one attached hydrogen (secondary N) is 1. The third-order valence-electron chi connectivity index (χ3n) is 4.86. The van der Waals surface area contributed by atoms with E-state index in [4.69, 9.17) is 4.42 Å². The lowest BCUT2D eigenvalue weighted by Gasteiger charge is -2.19. The van der Waals surface area contributed by atoms with Gasteiger partial charge in [0.25, 0.3) is 5.91 Å². The third-order valence-corrected chi connectivity index (χ3v) is 4.86. The van der Waals surface area contributed by atoms with Gasteiger partial charge in [-0.05, 0) is 42.7 Å². The first-order chi connectivity index (χ1) is 13.0. The van der Waals surface area contributed by atoms with Gasteiger partial charge in [0.2, 0.25) is 0 Å². The van der Waals surface area contributed by atoms with Crippen molar-refractivity contribution in [2.24, 2.45) is 5.92 Å². The number of hydrogen-bond donors (Lipinski definition) is 1. The van der Waals surface area contributed by atoms with Crippen LogP contribution in [0.4, 0.5) is 14.5 Å². The second kappa shape index (κ2) is 6.98. The summed E-state index contributed by atoms with van der Waals surface area (Å²) in [6, 6.07) is 9.11. The van der Waals surface area contributed by atoms with E-state index in [0.29, 0.717) is 35.8 Å². The highest BCUT2D eigenvalue weighted by molar-refractivity contribution is 5.97. The third kappa shape index (κ3) is 3.63. The van der Waals surface area contributed by atoms with E-state index >= 15 is 0 Å². The molecule has 0 saturated carbocycles. The van der Waals surface area contributed by atoms with Gasteiger partial charge in [-0.3, -0.25) is 4.79 Å². The van der Waals surface area contributed by atoms with E-state index in [1.165, 1.54) is 6.07 Å². The summed E-state index contributed by atoms with van der Waals surface area (Å²) < 4.78 is 32.0. The summed E-state index contributed by atoms with van der Waals surface area (Å²) in [6.07, 6.45) is 0.875. The standard InChI is InChI=1S/C20H19F2N3O2/c1-12-24-18-5-2-14(8-19(18)27-12)20(26)23-10-13-6-7-25(11-13)15-3-4-16(21)17(22)9-15/h2-5,8-9,13H,6-7,10-11H2,1H3,(H,23,26)/t13-/m0/s1. The molecule has 27 heavy (non-hydrogen) atoms. The number of aryl methyl sites for hydroxylation is 1. The Morgan fingerprint density at radius 1 is 1.26 bits per heavy atom. The number of oxazole rings is 1. The van der Waals surface area contributed by atoms with E-state index < -0.39 is 11.6 Å². The highest BCUT2D eigenvalue weighted by atomic mass is 19.2. The van der Waals surface area contributed by atoms with Gasteiger partial charge < -0.3 is 14.6 Å². The van der Waals surface area contributed by atoms with Crippen LogP contribution in [0.15, 0.2) is 40.8 Å².